The van der Waals surface area contributed by atoms with Crippen molar-refractivity contribution in [3.05, 3.63) is 23.5 Å². The molecular weight excluding hydrogens is 268 g/mol. The number of aromatic nitrogens is 1. The van der Waals surface area contributed by atoms with Gasteiger partial charge in [-0.2, -0.15) is 34.3 Å². The van der Waals surface area contributed by atoms with Crippen LogP contribution in [0, 0.1) is 29.4 Å². The Labute approximate surface area is 106 Å². The molecule has 100 valence electrons. The number of thioether (sulfide) groups is 1. The lowest BCUT2D eigenvalue weighted by molar-refractivity contribution is 0.409. The van der Waals surface area contributed by atoms with Gasteiger partial charge in [-0.3, -0.25) is 0 Å². The molecule has 0 unspecified atom stereocenters. The van der Waals surface area contributed by atoms with Crippen LogP contribution in [0.2, 0.25) is 0 Å². The third-order valence-corrected chi connectivity index (χ3v) is 3.95. The minimum atomic E-state index is -1.63. The molecule has 1 saturated heterocycles. The van der Waals surface area contributed by atoms with Gasteiger partial charge in [0.15, 0.2) is 0 Å². The van der Waals surface area contributed by atoms with Crippen molar-refractivity contribution in [2.24, 2.45) is 5.92 Å². The predicted octanol–water partition coefficient (Wildman–Crippen LogP) is 3.19. The number of anilines is 1. The van der Waals surface area contributed by atoms with Gasteiger partial charge >= 0.3 is 0 Å². The van der Waals surface area contributed by atoms with Gasteiger partial charge in [0, 0.05) is 6.54 Å². The van der Waals surface area contributed by atoms with Gasteiger partial charge in [0.25, 0.3) is 11.9 Å². The van der Waals surface area contributed by atoms with Gasteiger partial charge in [0.05, 0.1) is 0 Å². The summed E-state index contributed by atoms with van der Waals surface area (Å²) in [6.45, 7) is 0.303. The van der Waals surface area contributed by atoms with E-state index in [1.165, 1.54) is 0 Å². The van der Waals surface area contributed by atoms with Crippen molar-refractivity contribution in [1.82, 2.24) is 4.98 Å². The molecule has 0 amide bonds. The molecule has 0 spiro atoms. The zero-order valence-electron chi connectivity index (χ0n) is 9.48. The van der Waals surface area contributed by atoms with Gasteiger partial charge in [-0.25, -0.2) is 0 Å². The molecule has 18 heavy (non-hydrogen) atoms. The summed E-state index contributed by atoms with van der Waals surface area (Å²) in [6, 6.07) is 0. The minimum Gasteiger partial charge on any atom is -0.380 e. The fourth-order valence-corrected chi connectivity index (χ4v) is 3.04. The van der Waals surface area contributed by atoms with E-state index in [0.29, 0.717) is 6.54 Å². The zero-order chi connectivity index (χ0) is 13.1. The number of hydrogen-bond donors (Lipinski definition) is 1. The molecule has 2 nitrogen and oxygen atoms in total. The van der Waals surface area contributed by atoms with Crippen LogP contribution in [-0.2, 0) is 0 Å². The molecule has 1 aliphatic heterocycles. The van der Waals surface area contributed by atoms with Gasteiger partial charge in [-0.05, 0) is 30.3 Å². The Morgan fingerprint density at radius 3 is 2.17 bits per heavy atom. The first-order valence-electron chi connectivity index (χ1n) is 5.61. The third-order valence-electron chi connectivity index (χ3n) is 2.91. The molecule has 0 aliphatic carbocycles. The summed E-state index contributed by atoms with van der Waals surface area (Å²) in [5.74, 6) is -3.94. The normalized spacial score (nSPS) is 16.9. The van der Waals surface area contributed by atoms with Crippen molar-refractivity contribution < 1.29 is 17.6 Å². The molecule has 2 heterocycles. The van der Waals surface area contributed by atoms with E-state index in [1.807, 2.05) is 11.8 Å². The second-order valence-electron chi connectivity index (χ2n) is 4.13. The zero-order valence-corrected chi connectivity index (χ0v) is 10.3. The van der Waals surface area contributed by atoms with Crippen LogP contribution < -0.4 is 5.32 Å². The average Bonchev–Trinajstić information content (AvgIpc) is 2.38. The maximum atomic E-state index is 13.3. The Morgan fingerprint density at radius 1 is 1.06 bits per heavy atom. The highest BCUT2D eigenvalue weighted by molar-refractivity contribution is 7.99. The Kier molecular flexibility index (Phi) is 4.31. The van der Waals surface area contributed by atoms with E-state index in [-0.39, 0.29) is 5.92 Å². The molecule has 1 fully saturated rings. The molecule has 0 bridgehead atoms. The standard InChI is InChI=1S/C11H12F4N2S/c12-7-9(8(13)11(15)17-10(7)14)16-5-6-1-3-18-4-2-6/h6H,1-5H2,(H,16,17). The SMILES string of the molecule is Fc1nc(F)c(F)c(NCC2CCSCC2)c1F. The molecule has 0 radical (unpaired) electrons. The van der Waals surface area contributed by atoms with Crippen LogP contribution in [0.5, 0.6) is 0 Å². The molecular formula is C11H12F4N2S. The summed E-state index contributed by atoms with van der Waals surface area (Å²) in [6.07, 6.45) is 1.86. The number of nitrogens with zero attached hydrogens (tertiary/aromatic N) is 1. The van der Waals surface area contributed by atoms with Crippen molar-refractivity contribution in [1.29, 1.82) is 0 Å². The lowest BCUT2D eigenvalue weighted by Gasteiger charge is -2.22. The maximum absolute atomic E-state index is 13.3. The Balaban J connectivity index is 2.08. The van der Waals surface area contributed by atoms with Gasteiger partial charge in [-0.15, -0.1) is 0 Å². The summed E-state index contributed by atoms with van der Waals surface area (Å²) in [7, 11) is 0. The summed E-state index contributed by atoms with van der Waals surface area (Å²) in [4.78, 5) is 2.50. The van der Waals surface area contributed by atoms with Crippen LogP contribution >= 0.6 is 11.8 Å². The summed E-state index contributed by atoms with van der Waals surface area (Å²) < 4.78 is 52.3. The van der Waals surface area contributed by atoms with Crippen molar-refractivity contribution in [2.45, 2.75) is 12.8 Å². The quantitative estimate of drug-likeness (QED) is 0.680. The summed E-state index contributed by atoms with van der Waals surface area (Å²) >= 11 is 1.83. The van der Waals surface area contributed by atoms with E-state index in [0.717, 1.165) is 24.3 Å². The molecule has 0 saturated carbocycles. The minimum absolute atomic E-state index is 0.268. The number of hydrogen-bond acceptors (Lipinski definition) is 3. The number of nitrogens with one attached hydrogen (secondary N) is 1. The van der Waals surface area contributed by atoms with E-state index in [2.05, 4.69) is 10.3 Å². The highest BCUT2D eigenvalue weighted by Gasteiger charge is 2.22. The van der Waals surface area contributed by atoms with Crippen LogP contribution in [0.1, 0.15) is 12.8 Å². The monoisotopic (exact) mass is 280 g/mol. The third kappa shape index (κ3) is 2.88. The van der Waals surface area contributed by atoms with E-state index in [9.17, 15) is 17.6 Å². The largest absolute Gasteiger partial charge is 0.380 e. The molecule has 1 aromatic heterocycles. The Bertz CT molecular complexity index is 409. The molecule has 1 aromatic rings. The van der Waals surface area contributed by atoms with Crippen molar-refractivity contribution in [3.63, 3.8) is 0 Å². The molecule has 1 aliphatic rings. The van der Waals surface area contributed by atoms with E-state index < -0.39 is 29.2 Å². The Morgan fingerprint density at radius 2 is 1.61 bits per heavy atom. The molecule has 1 N–H and O–H groups in total. The lowest BCUT2D eigenvalue weighted by atomic mass is 10.0. The van der Waals surface area contributed by atoms with Gasteiger partial charge in [0.1, 0.15) is 5.69 Å². The topological polar surface area (TPSA) is 24.9 Å². The molecule has 0 aromatic carbocycles. The van der Waals surface area contributed by atoms with Crippen molar-refractivity contribution in [2.75, 3.05) is 23.4 Å². The highest BCUT2D eigenvalue weighted by Crippen LogP contribution is 2.26. The van der Waals surface area contributed by atoms with Crippen LogP contribution in [0.25, 0.3) is 0 Å². The first-order chi connectivity index (χ1) is 8.59. The molecule has 0 atom stereocenters. The lowest BCUT2D eigenvalue weighted by Crippen LogP contribution is -2.21. The first kappa shape index (κ1) is 13.5. The summed E-state index contributed by atoms with van der Waals surface area (Å²) in [5, 5.41) is 2.45. The average molecular weight is 280 g/mol. The maximum Gasteiger partial charge on any atom is 0.253 e. The molecule has 7 heteroatoms. The second-order valence-corrected chi connectivity index (χ2v) is 5.36. The van der Waals surface area contributed by atoms with Crippen LogP contribution in [0.15, 0.2) is 0 Å². The fourth-order valence-electron chi connectivity index (χ4n) is 1.84. The number of rotatable bonds is 3. The fraction of sp³-hybridized carbons (Fsp3) is 0.545. The van der Waals surface area contributed by atoms with Crippen LogP contribution in [-0.4, -0.2) is 23.0 Å². The van der Waals surface area contributed by atoms with Gasteiger partial charge in [0.2, 0.25) is 11.6 Å². The van der Waals surface area contributed by atoms with Crippen LogP contribution in [0.3, 0.4) is 0 Å². The second kappa shape index (κ2) is 5.77. The highest BCUT2D eigenvalue weighted by atomic mass is 32.2. The van der Waals surface area contributed by atoms with Gasteiger partial charge < -0.3 is 5.32 Å². The number of halogens is 4. The first-order valence-corrected chi connectivity index (χ1v) is 6.76. The Hall–Kier alpha value is -0.980. The van der Waals surface area contributed by atoms with E-state index in [1.54, 1.807) is 0 Å². The predicted molar refractivity (Wildman–Crippen MR) is 62.6 cm³/mol. The van der Waals surface area contributed by atoms with Gasteiger partial charge in [-0.1, -0.05) is 0 Å². The van der Waals surface area contributed by atoms with Crippen molar-refractivity contribution in [3.8, 4) is 0 Å². The summed E-state index contributed by atoms with van der Waals surface area (Å²) in [5.41, 5.74) is -0.766. The molecule has 2 rings (SSSR count). The van der Waals surface area contributed by atoms with E-state index >= 15 is 0 Å². The van der Waals surface area contributed by atoms with Crippen LogP contribution in [0.4, 0.5) is 23.2 Å². The smallest absolute Gasteiger partial charge is 0.253 e. The van der Waals surface area contributed by atoms with E-state index in [4.69, 9.17) is 0 Å². The van der Waals surface area contributed by atoms with Crippen molar-refractivity contribution >= 4 is 17.4 Å². The number of pyridine rings is 1.